The van der Waals surface area contributed by atoms with Crippen molar-refractivity contribution in [3.8, 4) is 0 Å². The van der Waals surface area contributed by atoms with E-state index >= 15 is 0 Å². The summed E-state index contributed by atoms with van der Waals surface area (Å²) in [6, 6.07) is 4.85. The molecule has 1 aromatic heterocycles. The second kappa shape index (κ2) is 4.93. The smallest absolute Gasteiger partial charge is 0.137 e. The molecule has 3 nitrogen and oxygen atoms in total. The molecule has 0 spiro atoms. The van der Waals surface area contributed by atoms with Crippen LogP contribution in [0.3, 0.4) is 0 Å². The lowest BCUT2D eigenvalue weighted by molar-refractivity contribution is 0.615. The Bertz CT molecular complexity index is 501. The highest BCUT2D eigenvalue weighted by atomic mass is 79.9. The van der Waals surface area contributed by atoms with Crippen molar-refractivity contribution in [1.29, 1.82) is 0 Å². The minimum absolute atomic E-state index is 0.274. The molecular weight excluding hydrogens is 296 g/mol. The maximum Gasteiger partial charge on any atom is 0.137 e. The summed E-state index contributed by atoms with van der Waals surface area (Å²) in [7, 11) is 0. The van der Waals surface area contributed by atoms with Gasteiger partial charge in [-0.15, -0.1) is 16.7 Å². The summed E-state index contributed by atoms with van der Waals surface area (Å²) in [6.07, 6.45) is 1.77. The first-order chi connectivity index (χ1) is 7.69. The summed E-state index contributed by atoms with van der Waals surface area (Å²) in [5.41, 5.74) is 1.67. The fraction of sp³-hybridized carbons (Fsp3) is 0.200. The van der Waals surface area contributed by atoms with E-state index in [1.807, 2.05) is 0 Å². The van der Waals surface area contributed by atoms with Crippen LogP contribution in [0.15, 0.2) is 28.9 Å². The maximum atomic E-state index is 13.0. The zero-order valence-corrected chi connectivity index (χ0v) is 10.5. The third kappa shape index (κ3) is 2.59. The van der Waals surface area contributed by atoms with Gasteiger partial charge in [-0.2, -0.15) is 0 Å². The number of hydrogen-bond donors (Lipinski definition) is 0. The van der Waals surface area contributed by atoms with Gasteiger partial charge in [0.2, 0.25) is 0 Å². The van der Waals surface area contributed by atoms with Gasteiger partial charge >= 0.3 is 0 Å². The fourth-order valence-electron chi connectivity index (χ4n) is 1.30. The number of rotatable bonds is 3. The maximum absolute atomic E-state index is 13.0. The van der Waals surface area contributed by atoms with Crippen molar-refractivity contribution in [3.05, 3.63) is 45.9 Å². The summed E-state index contributed by atoms with van der Waals surface area (Å²) in [5, 5.41) is 7.77. The van der Waals surface area contributed by atoms with Gasteiger partial charge in [-0.05, 0) is 33.6 Å². The molecule has 0 bridgehead atoms. The van der Waals surface area contributed by atoms with Gasteiger partial charge in [0.1, 0.15) is 5.82 Å². The molecule has 0 unspecified atom stereocenters. The Morgan fingerprint density at radius 1 is 1.44 bits per heavy atom. The van der Waals surface area contributed by atoms with Crippen molar-refractivity contribution in [3.63, 3.8) is 0 Å². The molecule has 0 aliphatic heterocycles. The van der Waals surface area contributed by atoms with Crippen LogP contribution in [0.1, 0.15) is 11.3 Å². The van der Waals surface area contributed by atoms with Crippen LogP contribution < -0.4 is 0 Å². The molecule has 84 valence electrons. The van der Waals surface area contributed by atoms with E-state index in [-0.39, 0.29) is 5.82 Å². The number of nitrogens with zero attached hydrogens (tertiary/aromatic N) is 3. The second-order valence-electron chi connectivity index (χ2n) is 3.29. The van der Waals surface area contributed by atoms with Crippen LogP contribution in [0.2, 0.25) is 0 Å². The van der Waals surface area contributed by atoms with Gasteiger partial charge in [0, 0.05) is 0 Å². The van der Waals surface area contributed by atoms with Crippen molar-refractivity contribution in [2.24, 2.45) is 0 Å². The predicted molar refractivity (Wildman–Crippen MR) is 62.8 cm³/mol. The average Bonchev–Trinajstić information content (AvgIpc) is 2.71. The largest absolute Gasteiger partial charge is 0.248 e. The topological polar surface area (TPSA) is 30.7 Å². The van der Waals surface area contributed by atoms with Gasteiger partial charge in [0.05, 0.1) is 28.8 Å². The summed E-state index contributed by atoms with van der Waals surface area (Å²) >= 11 is 8.75. The van der Waals surface area contributed by atoms with Gasteiger partial charge in [-0.1, -0.05) is 11.3 Å². The first kappa shape index (κ1) is 11.5. The summed E-state index contributed by atoms with van der Waals surface area (Å²) in [4.78, 5) is 0. The van der Waals surface area contributed by atoms with Gasteiger partial charge in [-0.3, -0.25) is 0 Å². The molecule has 0 aliphatic rings. The first-order valence-electron chi connectivity index (χ1n) is 4.58. The molecule has 0 radical (unpaired) electrons. The van der Waals surface area contributed by atoms with Gasteiger partial charge in [0.25, 0.3) is 0 Å². The van der Waals surface area contributed by atoms with Crippen molar-refractivity contribution in [2.75, 3.05) is 0 Å². The van der Waals surface area contributed by atoms with Crippen LogP contribution in [-0.2, 0) is 12.4 Å². The highest BCUT2D eigenvalue weighted by Gasteiger charge is 2.03. The molecule has 16 heavy (non-hydrogen) atoms. The summed E-state index contributed by atoms with van der Waals surface area (Å²) in [5.74, 6) is 0.0661. The van der Waals surface area contributed by atoms with Crippen LogP contribution in [-0.4, -0.2) is 15.0 Å². The lowest BCUT2D eigenvalue weighted by Crippen LogP contribution is -2.00. The summed E-state index contributed by atoms with van der Waals surface area (Å²) in [6.45, 7) is 0.544. The van der Waals surface area contributed by atoms with Crippen molar-refractivity contribution < 1.29 is 4.39 Å². The Morgan fingerprint density at radius 3 is 2.88 bits per heavy atom. The Labute approximate surface area is 105 Å². The number of alkyl halides is 1. The van der Waals surface area contributed by atoms with Crippen LogP contribution >= 0.6 is 27.5 Å². The van der Waals surface area contributed by atoms with E-state index in [1.165, 1.54) is 6.07 Å². The van der Waals surface area contributed by atoms with E-state index in [4.69, 9.17) is 11.6 Å². The van der Waals surface area contributed by atoms with Crippen molar-refractivity contribution in [1.82, 2.24) is 15.0 Å². The number of halogens is 3. The molecule has 2 aromatic rings. The van der Waals surface area contributed by atoms with E-state index in [0.29, 0.717) is 16.9 Å². The molecule has 1 heterocycles. The first-order valence-corrected chi connectivity index (χ1v) is 5.90. The second-order valence-corrected chi connectivity index (χ2v) is 4.41. The number of aromatic nitrogens is 3. The molecular formula is C10H8BrClFN3. The number of benzene rings is 1. The molecule has 0 amide bonds. The molecule has 0 atom stereocenters. The SMILES string of the molecule is Fc1ccc(Cn2cc(CCl)nn2)cc1Br. The molecule has 2 rings (SSSR count). The normalized spacial score (nSPS) is 10.7. The van der Waals surface area contributed by atoms with E-state index in [0.717, 1.165) is 11.3 Å². The third-order valence-electron chi connectivity index (χ3n) is 2.05. The van der Waals surface area contributed by atoms with Crippen LogP contribution in [0.25, 0.3) is 0 Å². The lowest BCUT2D eigenvalue weighted by atomic mass is 10.2. The van der Waals surface area contributed by atoms with Crippen molar-refractivity contribution >= 4 is 27.5 Å². The number of hydrogen-bond acceptors (Lipinski definition) is 2. The quantitative estimate of drug-likeness (QED) is 0.816. The fourth-order valence-corrected chi connectivity index (χ4v) is 1.85. The summed E-state index contributed by atoms with van der Waals surface area (Å²) < 4.78 is 15.1. The minimum atomic E-state index is -0.274. The molecule has 0 saturated heterocycles. The lowest BCUT2D eigenvalue weighted by Gasteiger charge is -2.02. The van der Waals surface area contributed by atoms with Crippen LogP contribution in [0.4, 0.5) is 4.39 Å². The Hall–Kier alpha value is -0.940. The Balaban J connectivity index is 2.17. The molecule has 0 aliphatic carbocycles. The van der Waals surface area contributed by atoms with Gasteiger partial charge in [0.15, 0.2) is 0 Å². The van der Waals surface area contributed by atoms with Crippen molar-refractivity contribution in [2.45, 2.75) is 12.4 Å². The Morgan fingerprint density at radius 2 is 2.25 bits per heavy atom. The molecule has 0 saturated carbocycles. The van der Waals surface area contributed by atoms with E-state index in [2.05, 4.69) is 26.2 Å². The third-order valence-corrected chi connectivity index (χ3v) is 2.93. The zero-order valence-electron chi connectivity index (χ0n) is 8.20. The zero-order chi connectivity index (χ0) is 11.5. The molecule has 6 heteroatoms. The monoisotopic (exact) mass is 303 g/mol. The average molecular weight is 305 g/mol. The van der Waals surface area contributed by atoms with E-state index in [1.54, 1.807) is 23.0 Å². The minimum Gasteiger partial charge on any atom is -0.248 e. The van der Waals surface area contributed by atoms with Gasteiger partial charge in [-0.25, -0.2) is 9.07 Å². The predicted octanol–water partition coefficient (Wildman–Crippen LogP) is 2.97. The molecule has 1 aromatic carbocycles. The molecule has 0 N–H and O–H groups in total. The highest BCUT2D eigenvalue weighted by Crippen LogP contribution is 2.17. The standard InChI is InChI=1S/C10H8BrClFN3/c11-9-3-7(1-2-10(9)13)5-16-6-8(4-12)14-15-16/h1-3,6H,4-5H2. The highest BCUT2D eigenvalue weighted by molar-refractivity contribution is 9.10. The molecule has 0 fully saturated rings. The Kier molecular flexibility index (Phi) is 3.56. The van der Waals surface area contributed by atoms with Crippen LogP contribution in [0, 0.1) is 5.82 Å². The van der Waals surface area contributed by atoms with Crippen LogP contribution in [0.5, 0.6) is 0 Å². The van der Waals surface area contributed by atoms with Gasteiger partial charge < -0.3 is 0 Å². The van der Waals surface area contributed by atoms with E-state index < -0.39 is 0 Å². The van der Waals surface area contributed by atoms with E-state index in [9.17, 15) is 4.39 Å².